The van der Waals surface area contributed by atoms with Gasteiger partial charge in [0.05, 0.1) is 4.90 Å². The summed E-state index contributed by atoms with van der Waals surface area (Å²) < 4.78 is 27.1. The van der Waals surface area contributed by atoms with E-state index in [1.54, 1.807) is 16.4 Å². The fourth-order valence-electron chi connectivity index (χ4n) is 3.56. The average molecular weight is 430 g/mol. The normalized spacial score (nSPS) is 16.0. The van der Waals surface area contributed by atoms with Gasteiger partial charge in [0.15, 0.2) is 0 Å². The molecule has 0 spiro atoms. The minimum atomic E-state index is -3.50. The second-order valence-electron chi connectivity index (χ2n) is 8.35. The van der Waals surface area contributed by atoms with Crippen molar-refractivity contribution in [2.45, 2.75) is 37.8 Å². The molecule has 0 aromatic heterocycles. The van der Waals surface area contributed by atoms with Gasteiger partial charge in [0, 0.05) is 31.7 Å². The van der Waals surface area contributed by atoms with Gasteiger partial charge in [-0.1, -0.05) is 31.2 Å². The van der Waals surface area contributed by atoms with Gasteiger partial charge in [0.1, 0.15) is 0 Å². The molecule has 0 saturated carbocycles. The Kier molecular flexibility index (Phi) is 7.28. The molecular formula is C23H31N3O3S. The van der Waals surface area contributed by atoms with E-state index >= 15 is 0 Å². The minimum Gasteiger partial charge on any atom is -0.348 e. The molecular weight excluding hydrogens is 398 g/mol. The van der Waals surface area contributed by atoms with E-state index < -0.39 is 10.0 Å². The van der Waals surface area contributed by atoms with Crippen molar-refractivity contribution >= 4 is 15.9 Å². The Morgan fingerprint density at radius 2 is 1.57 bits per heavy atom. The van der Waals surface area contributed by atoms with E-state index in [0.29, 0.717) is 31.1 Å². The van der Waals surface area contributed by atoms with Crippen LogP contribution in [0.1, 0.15) is 41.3 Å². The lowest BCUT2D eigenvalue weighted by molar-refractivity contribution is 0.0951. The third-order valence-electron chi connectivity index (χ3n) is 5.47. The average Bonchev–Trinajstić information content (AvgIpc) is 2.73. The molecule has 1 heterocycles. The first-order valence-corrected chi connectivity index (χ1v) is 11.8. The first-order chi connectivity index (χ1) is 14.3. The van der Waals surface area contributed by atoms with Crippen LogP contribution >= 0.6 is 0 Å². The van der Waals surface area contributed by atoms with Gasteiger partial charge in [-0.15, -0.1) is 0 Å². The summed E-state index contributed by atoms with van der Waals surface area (Å²) in [5.41, 5.74) is 2.69. The second-order valence-corrected chi connectivity index (χ2v) is 10.3. The maximum absolute atomic E-state index is 12.8. The monoisotopic (exact) mass is 429 g/mol. The van der Waals surface area contributed by atoms with Crippen molar-refractivity contribution in [3.05, 3.63) is 65.2 Å². The van der Waals surface area contributed by atoms with Gasteiger partial charge < -0.3 is 10.2 Å². The molecule has 0 aliphatic carbocycles. The van der Waals surface area contributed by atoms with Crippen molar-refractivity contribution in [2.24, 2.45) is 5.92 Å². The van der Waals surface area contributed by atoms with Crippen molar-refractivity contribution < 1.29 is 13.2 Å². The molecule has 0 bridgehead atoms. The largest absolute Gasteiger partial charge is 0.348 e. The zero-order valence-electron chi connectivity index (χ0n) is 18.0. The van der Waals surface area contributed by atoms with Crippen LogP contribution in [-0.2, 0) is 23.1 Å². The Balaban J connectivity index is 1.58. The van der Waals surface area contributed by atoms with Gasteiger partial charge in [-0.05, 0) is 68.2 Å². The molecule has 1 aliphatic heterocycles. The Labute approximate surface area is 179 Å². The van der Waals surface area contributed by atoms with Crippen LogP contribution in [0.25, 0.3) is 0 Å². The first kappa shape index (κ1) is 22.5. The highest BCUT2D eigenvalue weighted by molar-refractivity contribution is 7.89. The maximum atomic E-state index is 12.8. The van der Waals surface area contributed by atoms with E-state index in [1.807, 2.05) is 26.2 Å². The molecule has 0 unspecified atom stereocenters. The zero-order valence-corrected chi connectivity index (χ0v) is 18.8. The topological polar surface area (TPSA) is 69.7 Å². The number of benzene rings is 2. The minimum absolute atomic E-state index is 0.219. The fraction of sp³-hybridized carbons (Fsp3) is 0.435. The maximum Gasteiger partial charge on any atom is 0.251 e. The van der Waals surface area contributed by atoms with Crippen molar-refractivity contribution in [1.82, 2.24) is 14.5 Å². The van der Waals surface area contributed by atoms with Gasteiger partial charge >= 0.3 is 0 Å². The number of rotatable bonds is 7. The molecule has 0 radical (unpaired) electrons. The quantitative estimate of drug-likeness (QED) is 0.734. The highest BCUT2D eigenvalue weighted by Gasteiger charge is 2.28. The number of piperidine rings is 1. The van der Waals surface area contributed by atoms with Gasteiger partial charge in [-0.25, -0.2) is 8.42 Å². The predicted octanol–water partition coefficient (Wildman–Crippen LogP) is 3.10. The highest BCUT2D eigenvalue weighted by Crippen LogP contribution is 2.23. The standard InChI is InChI=1S/C23H31N3O3S/c1-18-12-14-26(15-13-18)30(28,29)22-10-8-21(9-11-22)23(27)24-16-19-4-6-20(7-5-19)17-25(2)3/h4-11,18H,12-17H2,1-3H3,(H,24,27). The van der Waals surface area contributed by atoms with Crippen LogP contribution in [0.4, 0.5) is 0 Å². The number of carbonyl (C=O) groups is 1. The Bertz CT molecular complexity index is 946. The number of nitrogens with one attached hydrogen (secondary N) is 1. The molecule has 6 nitrogen and oxygen atoms in total. The lowest BCUT2D eigenvalue weighted by atomic mass is 10.0. The van der Waals surface area contributed by atoms with E-state index in [2.05, 4.69) is 29.3 Å². The molecule has 30 heavy (non-hydrogen) atoms. The summed E-state index contributed by atoms with van der Waals surface area (Å²) in [4.78, 5) is 14.8. The number of nitrogens with zero attached hydrogens (tertiary/aromatic N) is 2. The molecule has 1 amide bonds. The van der Waals surface area contributed by atoms with Crippen molar-refractivity contribution in [2.75, 3.05) is 27.2 Å². The molecule has 1 fully saturated rings. The Hall–Kier alpha value is -2.22. The van der Waals surface area contributed by atoms with E-state index in [-0.39, 0.29) is 10.8 Å². The molecule has 0 atom stereocenters. The van der Waals surface area contributed by atoms with Crippen LogP contribution in [0.5, 0.6) is 0 Å². The lowest BCUT2D eigenvalue weighted by Crippen LogP contribution is -2.37. The van der Waals surface area contributed by atoms with Crippen molar-refractivity contribution in [1.29, 1.82) is 0 Å². The third-order valence-corrected chi connectivity index (χ3v) is 7.38. The van der Waals surface area contributed by atoms with Gasteiger partial charge in [-0.2, -0.15) is 4.31 Å². The summed E-state index contributed by atoms with van der Waals surface area (Å²) in [6.45, 7) is 4.55. The zero-order chi connectivity index (χ0) is 21.7. The summed E-state index contributed by atoms with van der Waals surface area (Å²) in [6, 6.07) is 14.3. The number of carbonyl (C=O) groups excluding carboxylic acids is 1. The third kappa shape index (κ3) is 5.68. The molecule has 1 aliphatic rings. The van der Waals surface area contributed by atoms with Crippen LogP contribution in [0, 0.1) is 5.92 Å². The van der Waals surface area contributed by atoms with Gasteiger partial charge in [-0.3, -0.25) is 4.79 Å². The van der Waals surface area contributed by atoms with Crippen LogP contribution < -0.4 is 5.32 Å². The van der Waals surface area contributed by atoms with Crippen molar-refractivity contribution in [3.8, 4) is 0 Å². The summed E-state index contributed by atoms with van der Waals surface area (Å²) in [5.74, 6) is 0.342. The Morgan fingerprint density at radius 1 is 1.00 bits per heavy atom. The first-order valence-electron chi connectivity index (χ1n) is 10.4. The summed E-state index contributed by atoms with van der Waals surface area (Å²) in [6.07, 6.45) is 1.77. The molecule has 7 heteroatoms. The van der Waals surface area contributed by atoms with E-state index in [9.17, 15) is 13.2 Å². The summed E-state index contributed by atoms with van der Waals surface area (Å²) >= 11 is 0. The van der Waals surface area contributed by atoms with Crippen molar-refractivity contribution in [3.63, 3.8) is 0 Å². The number of hydrogen-bond donors (Lipinski definition) is 1. The lowest BCUT2D eigenvalue weighted by Gasteiger charge is -2.29. The molecule has 2 aromatic carbocycles. The van der Waals surface area contributed by atoms with E-state index in [4.69, 9.17) is 0 Å². The molecule has 2 aromatic rings. The smallest absolute Gasteiger partial charge is 0.251 e. The second kappa shape index (κ2) is 9.73. The van der Waals surface area contributed by atoms with Crippen LogP contribution in [-0.4, -0.2) is 50.7 Å². The molecule has 3 rings (SSSR count). The highest BCUT2D eigenvalue weighted by atomic mass is 32.2. The SMILES string of the molecule is CC1CCN(S(=O)(=O)c2ccc(C(=O)NCc3ccc(CN(C)C)cc3)cc2)CC1. The number of sulfonamides is 1. The molecule has 1 N–H and O–H groups in total. The van der Waals surface area contributed by atoms with Crippen LogP contribution in [0.15, 0.2) is 53.4 Å². The summed E-state index contributed by atoms with van der Waals surface area (Å²) in [5, 5.41) is 2.89. The molecule has 1 saturated heterocycles. The number of amides is 1. The van der Waals surface area contributed by atoms with E-state index in [1.165, 1.54) is 17.7 Å². The Morgan fingerprint density at radius 3 is 2.13 bits per heavy atom. The van der Waals surface area contributed by atoms with E-state index in [0.717, 1.165) is 24.9 Å². The fourth-order valence-corrected chi connectivity index (χ4v) is 5.03. The summed E-state index contributed by atoms with van der Waals surface area (Å²) in [7, 11) is 0.553. The van der Waals surface area contributed by atoms with Crippen LogP contribution in [0.2, 0.25) is 0 Å². The number of hydrogen-bond acceptors (Lipinski definition) is 4. The van der Waals surface area contributed by atoms with Gasteiger partial charge in [0.25, 0.3) is 5.91 Å². The molecule has 162 valence electrons. The van der Waals surface area contributed by atoms with Gasteiger partial charge in [0.2, 0.25) is 10.0 Å². The predicted molar refractivity (Wildman–Crippen MR) is 119 cm³/mol. The van der Waals surface area contributed by atoms with Crippen LogP contribution in [0.3, 0.4) is 0 Å².